The topological polar surface area (TPSA) is 85.8 Å². The fourth-order valence-corrected chi connectivity index (χ4v) is 2.95. The number of pyridine rings is 1. The van der Waals surface area contributed by atoms with E-state index in [-0.39, 0.29) is 23.8 Å². The van der Waals surface area contributed by atoms with E-state index in [1.165, 1.54) is 12.3 Å². The highest BCUT2D eigenvalue weighted by atomic mass is 19.4. The zero-order valence-corrected chi connectivity index (χ0v) is 15.6. The Labute approximate surface area is 159 Å². The third-order valence-corrected chi connectivity index (χ3v) is 4.24. The average Bonchev–Trinajstić information content (AvgIpc) is 3.03. The maximum Gasteiger partial charge on any atom is 0.416 e. The smallest absolute Gasteiger partial charge is 0.326 e. The number of fused-ring (bicyclic) bond motifs is 1. The van der Waals surface area contributed by atoms with Gasteiger partial charge in [0, 0.05) is 24.0 Å². The van der Waals surface area contributed by atoms with E-state index >= 15 is 0 Å². The van der Waals surface area contributed by atoms with Crippen molar-refractivity contribution in [3.05, 3.63) is 52.8 Å². The van der Waals surface area contributed by atoms with Gasteiger partial charge in [-0.3, -0.25) is 4.79 Å². The van der Waals surface area contributed by atoms with E-state index in [1.807, 2.05) is 13.8 Å². The van der Waals surface area contributed by atoms with Crippen molar-refractivity contribution >= 4 is 22.6 Å². The fourth-order valence-electron chi connectivity index (χ4n) is 2.95. The molecule has 1 aromatic carbocycles. The highest BCUT2D eigenvalue weighted by Gasteiger charge is 2.31. The Bertz CT molecular complexity index is 1040. The van der Waals surface area contributed by atoms with Gasteiger partial charge in [-0.1, -0.05) is 0 Å². The van der Waals surface area contributed by atoms with Gasteiger partial charge in [-0.05, 0) is 50.6 Å². The normalized spacial score (nSPS) is 12.0. The summed E-state index contributed by atoms with van der Waals surface area (Å²) in [5.74, 6) is -0.541. The molecule has 2 heterocycles. The van der Waals surface area contributed by atoms with Crippen molar-refractivity contribution < 1.29 is 18.0 Å². The summed E-state index contributed by atoms with van der Waals surface area (Å²) in [5, 5.41) is 7.34. The number of aromatic nitrogens is 3. The number of aryl methyl sites for hydroxylation is 1. The molecule has 0 aliphatic heterocycles. The summed E-state index contributed by atoms with van der Waals surface area (Å²) < 4.78 is 41.0. The summed E-state index contributed by atoms with van der Waals surface area (Å²) in [7, 11) is 0. The lowest BCUT2D eigenvalue weighted by atomic mass is 10.1. The van der Waals surface area contributed by atoms with Gasteiger partial charge in [-0.2, -0.15) is 18.3 Å². The van der Waals surface area contributed by atoms with Gasteiger partial charge >= 0.3 is 6.18 Å². The number of amides is 1. The molecule has 0 aliphatic carbocycles. The first-order valence-electron chi connectivity index (χ1n) is 8.67. The minimum atomic E-state index is -4.54. The van der Waals surface area contributed by atoms with Gasteiger partial charge in [0.05, 0.1) is 22.7 Å². The highest BCUT2D eigenvalue weighted by molar-refractivity contribution is 6.12. The molecule has 28 heavy (non-hydrogen) atoms. The van der Waals surface area contributed by atoms with E-state index in [1.54, 1.807) is 17.7 Å². The molecule has 0 aliphatic rings. The molecule has 6 nitrogen and oxygen atoms in total. The van der Waals surface area contributed by atoms with Crippen LogP contribution < -0.4 is 11.1 Å². The van der Waals surface area contributed by atoms with Crippen LogP contribution >= 0.6 is 0 Å². The zero-order valence-electron chi connectivity index (χ0n) is 15.6. The Morgan fingerprint density at radius 3 is 2.57 bits per heavy atom. The van der Waals surface area contributed by atoms with Crippen LogP contribution in [0, 0.1) is 6.92 Å². The lowest BCUT2D eigenvalue weighted by molar-refractivity contribution is -0.137. The van der Waals surface area contributed by atoms with Crippen LogP contribution in [0.15, 0.2) is 30.5 Å². The Morgan fingerprint density at radius 1 is 1.25 bits per heavy atom. The predicted molar refractivity (Wildman–Crippen MR) is 99.9 cm³/mol. The number of carbonyl (C=O) groups excluding carboxylic acids is 1. The van der Waals surface area contributed by atoms with Gasteiger partial charge < -0.3 is 11.1 Å². The Kier molecular flexibility index (Phi) is 5.12. The summed E-state index contributed by atoms with van der Waals surface area (Å²) >= 11 is 0. The van der Waals surface area contributed by atoms with Crippen molar-refractivity contribution in [2.45, 2.75) is 39.5 Å². The molecule has 0 atom stereocenters. The molecular formula is C19H20F3N5O. The highest BCUT2D eigenvalue weighted by Crippen LogP contribution is 2.32. The molecule has 9 heteroatoms. The molecule has 0 spiro atoms. The summed E-state index contributed by atoms with van der Waals surface area (Å²) in [6.45, 7) is 5.54. The molecule has 0 bridgehead atoms. The van der Waals surface area contributed by atoms with Crippen molar-refractivity contribution in [1.82, 2.24) is 14.8 Å². The Morgan fingerprint density at radius 2 is 1.96 bits per heavy atom. The summed E-state index contributed by atoms with van der Waals surface area (Å²) in [6, 6.07) is 4.91. The van der Waals surface area contributed by atoms with Crippen LogP contribution in [0.3, 0.4) is 0 Å². The van der Waals surface area contributed by atoms with Crippen LogP contribution in [0.1, 0.15) is 47.1 Å². The fraction of sp³-hybridized carbons (Fsp3) is 0.316. The predicted octanol–water partition coefficient (Wildman–Crippen LogP) is 4.05. The molecule has 0 unspecified atom stereocenters. The molecule has 148 valence electrons. The largest absolute Gasteiger partial charge is 0.416 e. The summed E-state index contributed by atoms with van der Waals surface area (Å²) in [6.07, 6.45) is -3.00. The maximum absolute atomic E-state index is 13.1. The number of anilines is 1. The minimum Gasteiger partial charge on any atom is -0.326 e. The number of hydrogen-bond acceptors (Lipinski definition) is 4. The summed E-state index contributed by atoms with van der Waals surface area (Å²) in [4.78, 5) is 17.3. The molecule has 0 radical (unpaired) electrons. The van der Waals surface area contributed by atoms with Gasteiger partial charge in [0.15, 0.2) is 5.65 Å². The first kappa shape index (κ1) is 19.8. The van der Waals surface area contributed by atoms with Crippen molar-refractivity contribution in [1.29, 1.82) is 0 Å². The second-order valence-electron chi connectivity index (χ2n) is 6.81. The number of hydrogen-bond donors (Lipinski definition) is 2. The van der Waals surface area contributed by atoms with E-state index in [2.05, 4.69) is 15.4 Å². The molecule has 3 rings (SSSR count). The van der Waals surface area contributed by atoms with Crippen LogP contribution in [-0.4, -0.2) is 20.7 Å². The van der Waals surface area contributed by atoms with Crippen LogP contribution in [0.25, 0.3) is 11.0 Å². The van der Waals surface area contributed by atoms with E-state index in [4.69, 9.17) is 5.73 Å². The van der Waals surface area contributed by atoms with Gasteiger partial charge in [0.2, 0.25) is 0 Å². The number of alkyl halides is 3. The lowest BCUT2D eigenvalue weighted by Crippen LogP contribution is -2.15. The number of carbonyl (C=O) groups is 1. The molecule has 0 saturated heterocycles. The molecule has 3 N–H and O–H groups in total. The zero-order chi connectivity index (χ0) is 20.6. The standard InChI is InChI=1S/C19H20F3N5O/c1-10(2)27-17-16(9-24-27)15(4-11(3)25-17)18(28)26-14-6-12(8-23)5-13(7-14)19(20,21)22/h4-7,9-10H,8,23H2,1-3H3,(H,26,28). The van der Waals surface area contributed by atoms with Crippen molar-refractivity contribution in [2.75, 3.05) is 5.32 Å². The number of benzene rings is 1. The average molecular weight is 391 g/mol. The lowest BCUT2D eigenvalue weighted by Gasteiger charge is -2.13. The molecule has 1 amide bonds. The number of rotatable bonds is 4. The van der Waals surface area contributed by atoms with Crippen LogP contribution in [-0.2, 0) is 12.7 Å². The summed E-state index contributed by atoms with van der Waals surface area (Å²) in [5.41, 5.74) is 6.38. The Hall–Kier alpha value is -2.94. The molecule has 3 aromatic rings. The van der Waals surface area contributed by atoms with Crippen molar-refractivity contribution in [2.24, 2.45) is 5.73 Å². The SMILES string of the molecule is Cc1cc(C(=O)Nc2cc(CN)cc(C(F)(F)F)c2)c2cnn(C(C)C)c2n1. The van der Waals surface area contributed by atoms with E-state index in [0.29, 0.717) is 22.3 Å². The van der Waals surface area contributed by atoms with Gasteiger partial charge in [0.1, 0.15) is 0 Å². The van der Waals surface area contributed by atoms with Gasteiger partial charge in [-0.25, -0.2) is 9.67 Å². The van der Waals surface area contributed by atoms with E-state index in [0.717, 1.165) is 12.1 Å². The molecule has 0 fully saturated rings. The van der Waals surface area contributed by atoms with E-state index in [9.17, 15) is 18.0 Å². The van der Waals surface area contributed by atoms with Crippen LogP contribution in [0.5, 0.6) is 0 Å². The van der Waals surface area contributed by atoms with E-state index < -0.39 is 17.6 Å². The monoisotopic (exact) mass is 391 g/mol. The molecule has 0 saturated carbocycles. The second-order valence-corrected chi connectivity index (χ2v) is 6.81. The Balaban J connectivity index is 2.02. The second kappa shape index (κ2) is 7.23. The van der Waals surface area contributed by atoms with Crippen LogP contribution in [0.4, 0.5) is 18.9 Å². The van der Waals surface area contributed by atoms with Crippen molar-refractivity contribution in [3.63, 3.8) is 0 Å². The maximum atomic E-state index is 13.1. The first-order chi connectivity index (χ1) is 13.1. The molecule has 2 aromatic heterocycles. The quantitative estimate of drug-likeness (QED) is 0.703. The third kappa shape index (κ3) is 3.84. The number of nitrogens with zero attached hydrogens (tertiary/aromatic N) is 3. The number of halogens is 3. The number of nitrogens with one attached hydrogen (secondary N) is 1. The number of nitrogens with two attached hydrogens (primary N) is 1. The van der Waals surface area contributed by atoms with Gasteiger partial charge in [-0.15, -0.1) is 0 Å². The first-order valence-corrected chi connectivity index (χ1v) is 8.67. The van der Waals surface area contributed by atoms with Crippen LogP contribution in [0.2, 0.25) is 0 Å². The van der Waals surface area contributed by atoms with Gasteiger partial charge in [0.25, 0.3) is 5.91 Å². The third-order valence-electron chi connectivity index (χ3n) is 4.24. The van der Waals surface area contributed by atoms with Crippen molar-refractivity contribution in [3.8, 4) is 0 Å². The minimum absolute atomic E-state index is 0.0270. The molecular weight excluding hydrogens is 371 g/mol.